The van der Waals surface area contributed by atoms with E-state index in [1.807, 2.05) is 65.4 Å². The molecule has 1 aromatic heterocycles. The van der Waals surface area contributed by atoms with Crippen LogP contribution in [0, 0.1) is 0 Å². The number of benzene rings is 2. The summed E-state index contributed by atoms with van der Waals surface area (Å²) in [4.78, 5) is 18.6. The van der Waals surface area contributed by atoms with Gasteiger partial charge in [0.2, 0.25) is 0 Å². The first kappa shape index (κ1) is 19.4. The molecular formula is C22H23N3O3S. The van der Waals surface area contributed by atoms with Gasteiger partial charge in [0.25, 0.3) is 5.91 Å². The smallest absolute Gasteiger partial charge is 0.253 e. The van der Waals surface area contributed by atoms with Gasteiger partial charge in [0, 0.05) is 37.6 Å². The number of sulfone groups is 1. The molecule has 0 saturated carbocycles. The second-order valence-corrected chi connectivity index (χ2v) is 9.58. The highest BCUT2D eigenvalue weighted by atomic mass is 32.2. The van der Waals surface area contributed by atoms with Crippen molar-refractivity contribution < 1.29 is 13.2 Å². The third-order valence-electron chi connectivity index (χ3n) is 5.32. The number of nitrogens with zero attached hydrogens (tertiary/aromatic N) is 3. The lowest BCUT2D eigenvalue weighted by Gasteiger charge is -2.20. The molecule has 0 radical (unpaired) electrons. The maximum atomic E-state index is 13.0. The molecule has 0 aliphatic carbocycles. The summed E-state index contributed by atoms with van der Waals surface area (Å²) in [6.45, 7) is 1.34. The van der Waals surface area contributed by atoms with E-state index in [9.17, 15) is 13.2 Å². The van der Waals surface area contributed by atoms with Gasteiger partial charge in [0.05, 0.1) is 17.3 Å². The van der Waals surface area contributed by atoms with Crippen LogP contribution in [0.3, 0.4) is 0 Å². The van der Waals surface area contributed by atoms with E-state index in [-0.39, 0.29) is 18.2 Å². The summed E-state index contributed by atoms with van der Waals surface area (Å²) in [6.07, 6.45) is 5.78. The highest BCUT2D eigenvalue weighted by molar-refractivity contribution is 7.91. The van der Waals surface area contributed by atoms with E-state index in [1.165, 1.54) is 0 Å². The molecule has 3 aromatic rings. The van der Waals surface area contributed by atoms with Crippen molar-refractivity contribution in [3.05, 3.63) is 90.0 Å². The molecule has 1 atom stereocenters. The van der Waals surface area contributed by atoms with Gasteiger partial charge in [0.1, 0.15) is 0 Å². The van der Waals surface area contributed by atoms with Gasteiger partial charge in [-0.3, -0.25) is 4.79 Å². The second kappa shape index (κ2) is 8.21. The lowest BCUT2D eigenvalue weighted by Crippen LogP contribution is -2.33. The Balaban J connectivity index is 1.46. The Kier molecular flexibility index (Phi) is 5.49. The summed E-state index contributed by atoms with van der Waals surface area (Å²) in [6, 6.07) is 16.7. The van der Waals surface area contributed by atoms with E-state index in [1.54, 1.807) is 17.4 Å². The molecule has 0 unspecified atom stereocenters. The van der Waals surface area contributed by atoms with E-state index in [2.05, 4.69) is 4.98 Å². The molecule has 1 amide bonds. The first-order valence-corrected chi connectivity index (χ1v) is 11.3. The Morgan fingerprint density at radius 1 is 1.03 bits per heavy atom. The minimum atomic E-state index is -3.30. The van der Waals surface area contributed by atoms with Crippen molar-refractivity contribution in [2.45, 2.75) is 18.2 Å². The van der Waals surface area contributed by atoms with Crippen molar-refractivity contribution in [2.75, 3.05) is 18.8 Å². The van der Waals surface area contributed by atoms with Gasteiger partial charge >= 0.3 is 0 Å². The summed E-state index contributed by atoms with van der Waals surface area (Å²) in [5.41, 5.74) is 2.45. The summed E-state index contributed by atoms with van der Waals surface area (Å²) < 4.78 is 27.5. The van der Waals surface area contributed by atoms with Crippen LogP contribution in [0.4, 0.5) is 0 Å². The predicted molar refractivity (Wildman–Crippen MR) is 111 cm³/mol. The third kappa shape index (κ3) is 4.40. The second-order valence-electron chi connectivity index (χ2n) is 7.28. The van der Waals surface area contributed by atoms with Crippen LogP contribution >= 0.6 is 0 Å². The van der Waals surface area contributed by atoms with E-state index in [4.69, 9.17) is 0 Å². The number of rotatable bonds is 4. The zero-order valence-corrected chi connectivity index (χ0v) is 16.8. The van der Waals surface area contributed by atoms with Gasteiger partial charge in [-0.2, -0.15) is 0 Å². The van der Waals surface area contributed by atoms with Crippen molar-refractivity contribution in [1.29, 1.82) is 0 Å². The SMILES string of the molecule is O=C(c1ccc(Cn2ccnc2)cc1)N1CC[C@@H](c2ccccc2)S(=O)(=O)CC1. The Morgan fingerprint density at radius 3 is 2.48 bits per heavy atom. The van der Waals surface area contributed by atoms with Crippen molar-refractivity contribution in [1.82, 2.24) is 14.5 Å². The molecule has 6 nitrogen and oxygen atoms in total. The monoisotopic (exact) mass is 409 g/mol. The fraction of sp³-hybridized carbons (Fsp3) is 0.273. The molecule has 0 bridgehead atoms. The van der Waals surface area contributed by atoms with E-state index < -0.39 is 15.1 Å². The van der Waals surface area contributed by atoms with E-state index in [0.717, 1.165) is 11.1 Å². The van der Waals surface area contributed by atoms with Gasteiger partial charge in [-0.25, -0.2) is 13.4 Å². The molecule has 2 heterocycles. The first-order valence-electron chi connectivity index (χ1n) is 9.63. The van der Waals surface area contributed by atoms with Crippen molar-refractivity contribution >= 4 is 15.7 Å². The molecule has 1 aliphatic rings. The van der Waals surface area contributed by atoms with Gasteiger partial charge in [-0.05, 0) is 29.7 Å². The molecule has 1 fully saturated rings. The third-order valence-corrected chi connectivity index (χ3v) is 7.45. The van der Waals surface area contributed by atoms with Crippen molar-refractivity contribution in [2.24, 2.45) is 0 Å². The number of carbonyl (C=O) groups excluding carboxylic acids is 1. The fourth-order valence-corrected chi connectivity index (χ4v) is 5.51. The molecule has 0 spiro atoms. The molecule has 2 aromatic carbocycles. The summed E-state index contributed by atoms with van der Waals surface area (Å²) in [7, 11) is -3.30. The molecular weight excluding hydrogens is 386 g/mol. The molecule has 1 saturated heterocycles. The normalized spacial score (nSPS) is 18.9. The number of hydrogen-bond donors (Lipinski definition) is 0. The average Bonchev–Trinajstić information content (AvgIpc) is 3.18. The van der Waals surface area contributed by atoms with E-state index >= 15 is 0 Å². The Morgan fingerprint density at radius 2 is 1.79 bits per heavy atom. The summed E-state index contributed by atoms with van der Waals surface area (Å²) in [5, 5.41) is -0.556. The quantitative estimate of drug-likeness (QED) is 0.664. The average molecular weight is 410 g/mol. The Hall–Kier alpha value is -2.93. The molecule has 7 heteroatoms. The van der Waals surface area contributed by atoms with Crippen LogP contribution in [0.15, 0.2) is 73.3 Å². The number of imidazole rings is 1. The molecule has 4 rings (SSSR count). The largest absolute Gasteiger partial charge is 0.338 e. The number of hydrogen-bond acceptors (Lipinski definition) is 4. The van der Waals surface area contributed by atoms with Crippen LogP contribution in [0.2, 0.25) is 0 Å². The predicted octanol–water partition coefficient (Wildman–Crippen LogP) is 2.93. The number of amides is 1. The van der Waals surface area contributed by atoms with Gasteiger partial charge in [-0.15, -0.1) is 0 Å². The van der Waals surface area contributed by atoms with Crippen LogP contribution in [-0.2, 0) is 16.4 Å². The van der Waals surface area contributed by atoms with Gasteiger partial charge < -0.3 is 9.47 Å². The lowest BCUT2D eigenvalue weighted by atomic mass is 10.1. The van der Waals surface area contributed by atoms with Crippen LogP contribution in [0.5, 0.6) is 0 Å². The Bertz CT molecular complexity index is 1060. The molecule has 150 valence electrons. The van der Waals surface area contributed by atoms with Crippen LogP contribution in [0.25, 0.3) is 0 Å². The van der Waals surface area contributed by atoms with Gasteiger partial charge in [0.15, 0.2) is 9.84 Å². The topological polar surface area (TPSA) is 72.3 Å². The van der Waals surface area contributed by atoms with Crippen molar-refractivity contribution in [3.8, 4) is 0 Å². The minimum absolute atomic E-state index is 0.0169. The van der Waals surface area contributed by atoms with E-state index in [0.29, 0.717) is 25.1 Å². The maximum absolute atomic E-state index is 13.0. The lowest BCUT2D eigenvalue weighted by molar-refractivity contribution is 0.0766. The number of aromatic nitrogens is 2. The molecule has 29 heavy (non-hydrogen) atoms. The van der Waals surface area contributed by atoms with Crippen LogP contribution < -0.4 is 0 Å². The molecule has 1 aliphatic heterocycles. The standard InChI is InChI=1S/C22H23N3O3S/c26-22(20-8-6-18(7-9-20)16-24-13-11-23-17-24)25-12-10-21(29(27,28)15-14-25)19-4-2-1-3-5-19/h1-9,11,13,17,21H,10,12,14-16H2/t21-/m0/s1. The zero-order valence-electron chi connectivity index (χ0n) is 16.0. The number of carbonyl (C=O) groups is 1. The van der Waals surface area contributed by atoms with Crippen LogP contribution in [-0.4, -0.2) is 47.6 Å². The zero-order chi connectivity index (χ0) is 20.3. The highest BCUT2D eigenvalue weighted by Crippen LogP contribution is 2.29. The summed E-state index contributed by atoms with van der Waals surface area (Å²) >= 11 is 0. The fourth-order valence-electron chi connectivity index (χ4n) is 3.72. The summed E-state index contributed by atoms with van der Waals surface area (Å²) in [5.74, 6) is -0.139. The highest BCUT2D eigenvalue weighted by Gasteiger charge is 2.32. The van der Waals surface area contributed by atoms with Crippen LogP contribution in [0.1, 0.15) is 33.2 Å². The van der Waals surface area contributed by atoms with Crippen molar-refractivity contribution in [3.63, 3.8) is 0 Å². The Labute approximate surface area is 170 Å². The minimum Gasteiger partial charge on any atom is -0.338 e. The van der Waals surface area contributed by atoms with Gasteiger partial charge in [-0.1, -0.05) is 42.5 Å². The molecule has 0 N–H and O–H groups in total. The first-order chi connectivity index (χ1) is 14.0. The maximum Gasteiger partial charge on any atom is 0.253 e.